The minimum absolute atomic E-state index is 0.0849. The normalized spacial score (nSPS) is 10.9. The van der Waals surface area contributed by atoms with E-state index in [9.17, 15) is 4.79 Å². The zero-order chi connectivity index (χ0) is 20.3. The van der Waals surface area contributed by atoms with E-state index in [0.29, 0.717) is 17.5 Å². The van der Waals surface area contributed by atoms with E-state index in [1.807, 2.05) is 52.0 Å². The van der Waals surface area contributed by atoms with Gasteiger partial charge < -0.3 is 9.15 Å². The van der Waals surface area contributed by atoms with E-state index in [2.05, 4.69) is 16.3 Å². The molecule has 1 heterocycles. The summed E-state index contributed by atoms with van der Waals surface area (Å²) in [6, 6.07) is 9.84. The Labute approximate surface area is 169 Å². The minimum Gasteiger partial charge on any atom is -0.497 e. The number of carbonyl (C=O) groups excluding carboxylic acids is 1. The van der Waals surface area contributed by atoms with Gasteiger partial charge in [0.05, 0.1) is 19.3 Å². The molecule has 6 heteroatoms. The molecule has 3 rings (SSSR count). The summed E-state index contributed by atoms with van der Waals surface area (Å²) in [4.78, 5) is 12.8. The van der Waals surface area contributed by atoms with Gasteiger partial charge in [0.2, 0.25) is 5.89 Å². The van der Waals surface area contributed by atoms with Crippen LogP contribution in [0.15, 0.2) is 40.0 Å². The van der Waals surface area contributed by atoms with Gasteiger partial charge in [0.1, 0.15) is 5.75 Å². The molecule has 0 spiro atoms. The SMILES string of the molecule is COc1ccc(Cc2nnc(SCC(=O)c3c(C)c(C)cc(C)c3C)o2)cc1. The first-order valence-corrected chi connectivity index (χ1v) is 10.1. The van der Waals surface area contributed by atoms with Crippen molar-refractivity contribution in [3.8, 4) is 5.75 Å². The van der Waals surface area contributed by atoms with E-state index in [-0.39, 0.29) is 11.5 Å². The number of rotatable bonds is 7. The predicted octanol–water partition coefficient (Wildman–Crippen LogP) is 4.88. The quantitative estimate of drug-likeness (QED) is 0.419. The Hall–Kier alpha value is -2.60. The highest BCUT2D eigenvalue weighted by atomic mass is 32.2. The van der Waals surface area contributed by atoms with Crippen LogP contribution < -0.4 is 4.74 Å². The number of methoxy groups -OCH3 is 1. The van der Waals surface area contributed by atoms with Crippen LogP contribution >= 0.6 is 11.8 Å². The molecule has 0 saturated carbocycles. The fraction of sp³-hybridized carbons (Fsp3) is 0.318. The van der Waals surface area contributed by atoms with E-state index in [0.717, 1.165) is 39.1 Å². The molecule has 1 aromatic heterocycles. The van der Waals surface area contributed by atoms with Gasteiger partial charge in [-0.05, 0) is 67.6 Å². The summed E-state index contributed by atoms with van der Waals surface area (Å²) in [6.45, 7) is 8.07. The summed E-state index contributed by atoms with van der Waals surface area (Å²) < 4.78 is 10.9. The second kappa shape index (κ2) is 8.61. The molecular formula is C22H24N2O3S. The second-order valence-electron chi connectivity index (χ2n) is 6.83. The molecule has 0 aliphatic rings. The minimum atomic E-state index is 0.0849. The fourth-order valence-electron chi connectivity index (χ4n) is 3.12. The van der Waals surface area contributed by atoms with Gasteiger partial charge in [0.25, 0.3) is 5.22 Å². The van der Waals surface area contributed by atoms with Crippen LogP contribution in [0, 0.1) is 27.7 Å². The van der Waals surface area contributed by atoms with Crippen LogP contribution in [0.3, 0.4) is 0 Å². The number of ketones is 1. The number of Topliss-reactive ketones (excluding diaryl/α,β-unsaturated/α-hetero) is 1. The molecule has 0 atom stereocenters. The standard InChI is InChI=1S/C22H24N2O3S/c1-13-10-14(2)16(4)21(15(13)3)19(25)12-28-22-24-23-20(27-22)11-17-6-8-18(26-5)9-7-17/h6-10H,11-12H2,1-5H3. The Kier molecular flexibility index (Phi) is 6.19. The van der Waals surface area contributed by atoms with Gasteiger partial charge in [0.15, 0.2) is 5.78 Å². The maximum absolute atomic E-state index is 12.8. The lowest BCUT2D eigenvalue weighted by atomic mass is 9.92. The van der Waals surface area contributed by atoms with Crippen LogP contribution in [0.1, 0.15) is 44.1 Å². The van der Waals surface area contributed by atoms with Gasteiger partial charge in [-0.2, -0.15) is 0 Å². The average Bonchev–Trinajstić information content (AvgIpc) is 3.13. The van der Waals surface area contributed by atoms with Gasteiger partial charge in [-0.1, -0.05) is 30.0 Å². The maximum atomic E-state index is 12.8. The lowest BCUT2D eigenvalue weighted by Gasteiger charge is -2.13. The number of nitrogens with zero attached hydrogens (tertiary/aromatic N) is 2. The number of aryl methyl sites for hydroxylation is 2. The predicted molar refractivity (Wildman–Crippen MR) is 111 cm³/mol. The molecule has 5 nitrogen and oxygen atoms in total. The van der Waals surface area contributed by atoms with E-state index in [1.165, 1.54) is 11.8 Å². The smallest absolute Gasteiger partial charge is 0.277 e. The van der Waals surface area contributed by atoms with Crippen molar-refractivity contribution in [2.24, 2.45) is 0 Å². The van der Waals surface area contributed by atoms with Crippen LogP contribution in [-0.4, -0.2) is 28.8 Å². The van der Waals surface area contributed by atoms with Crippen LogP contribution in [0.4, 0.5) is 0 Å². The first kappa shape index (κ1) is 20.1. The monoisotopic (exact) mass is 396 g/mol. The molecular weight excluding hydrogens is 372 g/mol. The number of hydrogen-bond acceptors (Lipinski definition) is 6. The Bertz CT molecular complexity index is 968. The van der Waals surface area contributed by atoms with E-state index < -0.39 is 0 Å². The first-order chi connectivity index (χ1) is 13.4. The van der Waals surface area contributed by atoms with Crippen molar-refractivity contribution in [3.05, 3.63) is 69.6 Å². The molecule has 0 radical (unpaired) electrons. The molecule has 0 amide bonds. The van der Waals surface area contributed by atoms with Gasteiger partial charge >= 0.3 is 0 Å². The largest absolute Gasteiger partial charge is 0.497 e. The third kappa shape index (κ3) is 4.44. The van der Waals surface area contributed by atoms with Gasteiger partial charge in [-0.15, -0.1) is 10.2 Å². The topological polar surface area (TPSA) is 65.2 Å². The van der Waals surface area contributed by atoms with Crippen LogP contribution in [0.5, 0.6) is 5.75 Å². The van der Waals surface area contributed by atoms with E-state index in [4.69, 9.17) is 9.15 Å². The van der Waals surface area contributed by atoms with Crippen molar-refractivity contribution < 1.29 is 13.9 Å². The Morgan fingerprint density at radius 2 is 1.68 bits per heavy atom. The van der Waals surface area contributed by atoms with E-state index in [1.54, 1.807) is 7.11 Å². The van der Waals surface area contributed by atoms with Gasteiger partial charge in [-0.25, -0.2) is 0 Å². The highest BCUT2D eigenvalue weighted by molar-refractivity contribution is 7.99. The number of thioether (sulfide) groups is 1. The zero-order valence-electron chi connectivity index (χ0n) is 16.8. The molecule has 0 aliphatic carbocycles. The van der Waals surface area contributed by atoms with Gasteiger partial charge in [0, 0.05) is 5.56 Å². The van der Waals surface area contributed by atoms with Crippen molar-refractivity contribution in [2.45, 2.75) is 39.3 Å². The van der Waals surface area contributed by atoms with Gasteiger partial charge in [-0.3, -0.25) is 4.79 Å². The summed E-state index contributed by atoms with van der Waals surface area (Å²) >= 11 is 1.28. The summed E-state index contributed by atoms with van der Waals surface area (Å²) in [7, 11) is 1.64. The van der Waals surface area contributed by atoms with Crippen molar-refractivity contribution in [1.29, 1.82) is 0 Å². The third-order valence-corrected chi connectivity index (χ3v) is 5.75. The Morgan fingerprint density at radius 1 is 1.04 bits per heavy atom. The molecule has 28 heavy (non-hydrogen) atoms. The van der Waals surface area contributed by atoms with Crippen LogP contribution in [-0.2, 0) is 6.42 Å². The van der Waals surface area contributed by atoms with E-state index >= 15 is 0 Å². The molecule has 0 saturated heterocycles. The van der Waals surface area contributed by atoms with Crippen molar-refractivity contribution in [1.82, 2.24) is 10.2 Å². The molecule has 0 aliphatic heterocycles. The molecule has 146 valence electrons. The number of carbonyl (C=O) groups is 1. The summed E-state index contributed by atoms with van der Waals surface area (Å²) in [5.41, 5.74) is 6.22. The van der Waals surface area contributed by atoms with Crippen molar-refractivity contribution in [3.63, 3.8) is 0 Å². The summed E-state index contributed by atoms with van der Waals surface area (Å²) in [5.74, 6) is 1.69. The number of hydrogen-bond donors (Lipinski definition) is 0. The number of benzene rings is 2. The Morgan fingerprint density at radius 3 is 2.29 bits per heavy atom. The molecule has 0 unspecified atom stereocenters. The van der Waals surface area contributed by atoms with Crippen molar-refractivity contribution in [2.75, 3.05) is 12.9 Å². The van der Waals surface area contributed by atoms with Crippen LogP contribution in [0.25, 0.3) is 0 Å². The molecule has 0 fully saturated rings. The lowest BCUT2D eigenvalue weighted by Crippen LogP contribution is -2.10. The number of aromatic nitrogens is 2. The second-order valence-corrected chi connectivity index (χ2v) is 7.76. The zero-order valence-corrected chi connectivity index (χ0v) is 17.6. The third-order valence-electron chi connectivity index (χ3n) is 4.93. The highest BCUT2D eigenvalue weighted by Crippen LogP contribution is 2.25. The molecule has 0 N–H and O–H groups in total. The van der Waals surface area contributed by atoms with Crippen LogP contribution in [0.2, 0.25) is 0 Å². The first-order valence-electron chi connectivity index (χ1n) is 9.07. The highest BCUT2D eigenvalue weighted by Gasteiger charge is 2.17. The molecule has 2 aromatic carbocycles. The number of ether oxygens (including phenoxy) is 1. The Balaban J connectivity index is 1.65. The summed E-state index contributed by atoms with van der Waals surface area (Å²) in [6.07, 6.45) is 0.542. The summed E-state index contributed by atoms with van der Waals surface area (Å²) in [5, 5.41) is 8.56. The van der Waals surface area contributed by atoms with Crippen molar-refractivity contribution >= 4 is 17.5 Å². The molecule has 0 bridgehead atoms. The molecule has 3 aromatic rings. The fourth-order valence-corrected chi connectivity index (χ4v) is 3.77. The lowest BCUT2D eigenvalue weighted by molar-refractivity contribution is 0.102. The average molecular weight is 397 g/mol. The maximum Gasteiger partial charge on any atom is 0.277 e.